The van der Waals surface area contributed by atoms with Crippen LogP contribution in [0.15, 0.2) is 41.5 Å². The van der Waals surface area contributed by atoms with E-state index in [0.717, 1.165) is 30.6 Å². The minimum Gasteiger partial charge on any atom is -0.255 e. The van der Waals surface area contributed by atoms with Crippen molar-refractivity contribution in [1.29, 1.82) is 0 Å². The molecule has 0 aliphatic carbocycles. The van der Waals surface area contributed by atoms with E-state index in [2.05, 4.69) is 58.7 Å². The minimum absolute atomic E-state index is 0.611. The molecule has 0 bridgehead atoms. The predicted octanol–water partition coefficient (Wildman–Crippen LogP) is 6.43. The van der Waals surface area contributed by atoms with Gasteiger partial charge in [0.15, 0.2) is 0 Å². The van der Waals surface area contributed by atoms with Gasteiger partial charge in [-0.2, -0.15) is 0 Å². The number of hydrogen-bond acceptors (Lipinski definition) is 2. The molecule has 1 aromatic carbocycles. The van der Waals surface area contributed by atoms with Crippen LogP contribution in [0.2, 0.25) is 0 Å². The van der Waals surface area contributed by atoms with E-state index >= 15 is 0 Å². The first kappa shape index (κ1) is 20.4. The maximum absolute atomic E-state index is 4.92. The van der Waals surface area contributed by atoms with E-state index in [4.69, 9.17) is 4.99 Å². The Hall–Kier alpha value is -1.96. The summed E-state index contributed by atoms with van der Waals surface area (Å²) < 4.78 is 0. The number of benzene rings is 1. The second-order valence-corrected chi connectivity index (χ2v) is 8.57. The Bertz CT molecular complexity index is 681. The summed E-state index contributed by atoms with van der Waals surface area (Å²) in [4.78, 5) is 9.30. The summed E-state index contributed by atoms with van der Waals surface area (Å²) in [5.41, 5.74) is 6.26. The molecule has 0 N–H and O–H groups in total. The normalized spacial score (nSPS) is 12.0. The van der Waals surface area contributed by atoms with E-state index in [1.807, 2.05) is 30.6 Å². The van der Waals surface area contributed by atoms with Crippen LogP contribution in [0.1, 0.15) is 63.9 Å². The Balaban J connectivity index is 2.50. The van der Waals surface area contributed by atoms with Crippen molar-refractivity contribution in [1.82, 2.24) is 4.98 Å². The van der Waals surface area contributed by atoms with E-state index in [9.17, 15) is 0 Å². The number of aliphatic imine (C=N–C) groups is 1. The molecule has 140 valence electrons. The van der Waals surface area contributed by atoms with Crippen molar-refractivity contribution in [3.63, 3.8) is 0 Å². The zero-order chi connectivity index (χ0) is 19.1. The summed E-state index contributed by atoms with van der Waals surface area (Å²) in [6, 6.07) is 10.7. The highest BCUT2D eigenvalue weighted by Crippen LogP contribution is 2.31. The van der Waals surface area contributed by atoms with Gasteiger partial charge in [0.1, 0.15) is 0 Å². The van der Waals surface area contributed by atoms with Gasteiger partial charge < -0.3 is 0 Å². The Kier molecular flexibility index (Phi) is 7.56. The van der Waals surface area contributed by atoms with Crippen LogP contribution < -0.4 is 0 Å². The van der Waals surface area contributed by atoms with Gasteiger partial charge in [0.25, 0.3) is 0 Å². The molecule has 0 saturated heterocycles. The lowest BCUT2D eigenvalue weighted by atomic mass is 9.90. The quantitative estimate of drug-likeness (QED) is 0.504. The number of rotatable bonds is 8. The number of aromatic nitrogens is 1. The van der Waals surface area contributed by atoms with Gasteiger partial charge in [0, 0.05) is 6.20 Å². The Morgan fingerprint density at radius 2 is 1.42 bits per heavy atom. The van der Waals surface area contributed by atoms with Crippen LogP contribution in [0.3, 0.4) is 0 Å². The van der Waals surface area contributed by atoms with Gasteiger partial charge in [0.05, 0.1) is 17.6 Å². The lowest BCUT2D eigenvalue weighted by molar-refractivity contribution is 0.626. The second-order valence-electron chi connectivity index (χ2n) is 8.57. The summed E-state index contributed by atoms with van der Waals surface area (Å²) >= 11 is 0. The molecule has 0 amide bonds. The maximum atomic E-state index is 4.92. The molecule has 2 aromatic rings. The fourth-order valence-corrected chi connectivity index (χ4v) is 3.36. The molecular weight excluding hydrogens is 316 g/mol. The van der Waals surface area contributed by atoms with E-state index in [1.54, 1.807) is 0 Å². The highest BCUT2D eigenvalue weighted by Gasteiger charge is 2.14. The van der Waals surface area contributed by atoms with Gasteiger partial charge in [0.2, 0.25) is 0 Å². The van der Waals surface area contributed by atoms with Gasteiger partial charge in [-0.15, -0.1) is 0 Å². The molecule has 0 atom stereocenters. The fraction of sp³-hybridized carbons (Fsp3) is 0.500. The zero-order valence-corrected chi connectivity index (χ0v) is 17.3. The second kappa shape index (κ2) is 9.66. The monoisotopic (exact) mass is 350 g/mol. The Morgan fingerprint density at radius 1 is 0.846 bits per heavy atom. The van der Waals surface area contributed by atoms with Crippen LogP contribution in [-0.4, -0.2) is 11.2 Å². The van der Waals surface area contributed by atoms with Gasteiger partial charge in [-0.1, -0.05) is 59.7 Å². The molecule has 0 aliphatic rings. The highest BCUT2D eigenvalue weighted by atomic mass is 14.8. The lowest BCUT2D eigenvalue weighted by Crippen LogP contribution is -2.04. The van der Waals surface area contributed by atoms with Crippen LogP contribution >= 0.6 is 0 Å². The van der Waals surface area contributed by atoms with Crippen molar-refractivity contribution in [2.45, 2.75) is 60.8 Å². The SMILES string of the molecule is CC(C)Cc1cc(CC(C)C)c(N=Cc2ccccn2)c(CC(C)C)c1. The van der Waals surface area contributed by atoms with E-state index < -0.39 is 0 Å². The third kappa shape index (κ3) is 6.40. The topological polar surface area (TPSA) is 25.2 Å². The molecule has 2 heteroatoms. The van der Waals surface area contributed by atoms with Crippen molar-refractivity contribution in [2.24, 2.45) is 22.7 Å². The average Bonchev–Trinajstić information content (AvgIpc) is 2.53. The third-order valence-corrected chi connectivity index (χ3v) is 4.24. The standard InChI is InChI=1S/C24H34N2/c1-17(2)11-20-14-21(12-18(3)4)24(22(15-20)13-19(5)6)26-16-23-9-7-8-10-25-23/h7-10,14-19H,11-13H2,1-6H3. The lowest BCUT2D eigenvalue weighted by Gasteiger charge is -2.18. The minimum atomic E-state index is 0.611. The fourth-order valence-electron chi connectivity index (χ4n) is 3.36. The molecule has 0 fully saturated rings. The van der Waals surface area contributed by atoms with Crippen LogP contribution in [0.25, 0.3) is 0 Å². The zero-order valence-electron chi connectivity index (χ0n) is 17.3. The molecule has 0 radical (unpaired) electrons. The van der Waals surface area contributed by atoms with Crippen LogP contribution in [0.5, 0.6) is 0 Å². The molecule has 2 rings (SSSR count). The Labute approximate surface area is 159 Å². The summed E-state index contributed by atoms with van der Waals surface area (Å²) in [5.74, 6) is 1.89. The number of hydrogen-bond donors (Lipinski definition) is 0. The number of nitrogens with zero attached hydrogens (tertiary/aromatic N) is 2. The smallest absolute Gasteiger partial charge is 0.0812 e. The van der Waals surface area contributed by atoms with E-state index in [-0.39, 0.29) is 0 Å². The predicted molar refractivity (Wildman–Crippen MR) is 114 cm³/mol. The first-order valence-corrected chi connectivity index (χ1v) is 9.95. The summed E-state index contributed by atoms with van der Waals surface area (Å²) in [5, 5.41) is 0. The van der Waals surface area contributed by atoms with Crippen molar-refractivity contribution in [3.8, 4) is 0 Å². The maximum Gasteiger partial charge on any atom is 0.0812 e. The third-order valence-electron chi connectivity index (χ3n) is 4.24. The Morgan fingerprint density at radius 3 is 1.88 bits per heavy atom. The van der Waals surface area contributed by atoms with Gasteiger partial charge in [-0.05, 0) is 65.8 Å². The molecule has 1 aromatic heterocycles. The molecule has 1 heterocycles. The van der Waals surface area contributed by atoms with Gasteiger partial charge >= 0.3 is 0 Å². The average molecular weight is 351 g/mol. The molecule has 26 heavy (non-hydrogen) atoms. The van der Waals surface area contributed by atoms with Crippen molar-refractivity contribution >= 4 is 11.9 Å². The molecule has 2 nitrogen and oxygen atoms in total. The molecule has 0 saturated carbocycles. The van der Waals surface area contributed by atoms with Gasteiger partial charge in [-0.3, -0.25) is 9.98 Å². The first-order valence-electron chi connectivity index (χ1n) is 9.95. The molecule has 0 unspecified atom stereocenters. The summed E-state index contributed by atoms with van der Waals surface area (Å²) in [6.07, 6.45) is 6.97. The van der Waals surface area contributed by atoms with Gasteiger partial charge in [-0.25, -0.2) is 0 Å². The van der Waals surface area contributed by atoms with Crippen molar-refractivity contribution in [3.05, 3.63) is 58.9 Å². The van der Waals surface area contributed by atoms with Crippen LogP contribution in [0.4, 0.5) is 5.69 Å². The largest absolute Gasteiger partial charge is 0.255 e. The first-order chi connectivity index (χ1) is 12.3. The highest BCUT2D eigenvalue weighted by molar-refractivity contribution is 5.80. The van der Waals surface area contributed by atoms with Crippen LogP contribution in [-0.2, 0) is 19.3 Å². The summed E-state index contributed by atoms with van der Waals surface area (Å²) in [7, 11) is 0. The van der Waals surface area contributed by atoms with Crippen molar-refractivity contribution in [2.75, 3.05) is 0 Å². The van der Waals surface area contributed by atoms with Crippen LogP contribution in [0, 0.1) is 17.8 Å². The molecular formula is C24H34N2. The molecule has 0 aliphatic heterocycles. The van der Waals surface area contributed by atoms with E-state index in [0.29, 0.717) is 17.8 Å². The summed E-state index contributed by atoms with van der Waals surface area (Å²) in [6.45, 7) is 13.7. The molecule has 0 spiro atoms. The number of pyridine rings is 1. The van der Waals surface area contributed by atoms with E-state index in [1.165, 1.54) is 16.7 Å². The van der Waals surface area contributed by atoms with Crippen molar-refractivity contribution < 1.29 is 0 Å².